The van der Waals surface area contributed by atoms with Crippen LogP contribution in [0.3, 0.4) is 0 Å². The van der Waals surface area contributed by atoms with E-state index < -0.39 is 5.79 Å². The predicted octanol–water partition coefficient (Wildman–Crippen LogP) is 4.75. The first-order valence-corrected chi connectivity index (χ1v) is 9.50. The van der Waals surface area contributed by atoms with Gasteiger partial charge in [0.25, 0.3) is 5.79 Å². The van der Waals surface area contributed by atoms with Crippen LogP contribution in [0.1, 0.15) is 44.1 Å². The molecule has 1 aliphatic carbocycles. The maximum absolute atomic E-state index is 12.1. The molecule has 4 nitrogen and oxygen atoms in total. The van der Waals surface area contributed by atoms with Gasteiger partial charge in [0, 0.05) is 31.0 Å². The highest BCUT2D eigenvalue weighted by Gasteiger charge is 2.42. The number of hydrogen-bond acceptors (Lipinski definition) is 4. The lowest BCUT2D eigenvalue weighted by atomic mass is 9.94. The molecule has 2 heterocycles. The van der Waals surface area contributed by atoms with Gasteiger partial charge in [0.05, 0.1) is 0 Å². The Balaban J connectivity index is 1.38. The van der Waals surface area contributed by atoms with Crippen LogP contribution in [-0.4, -0.2) is 11.7 Å². The van der Waals surface area contributed by atoms with E-state index in [1.807, 2.05) is 23.6 Å². The molecule has 126 valence electrons. The molecule has 4 rings (SSSR count). The fourth-order valence-electron chi connectivity index (χ4n) is 3.38. The second kappa shape index (κ2) is 6.48. The zero-order valence-corrected chi connectivity index (χ0v) is 14.4. The first kappa shape index (κ1) is 15.5. The Bertz CT molecular complexity index is 720. The van der Waals surface area contributed by atoms with Gasteiger partial charge in [0.2, 0.25) is 5.91 Å². The summed E-state index contributed by atoms with van der Waals surface area (Å²) in [5.74, 6) is 1.08. The van der Waals surface area contributed by atoms with Gasteiger partial charge < -0.3 is 14.8 Å². The zero-order chi connectivity index (χ0) is 16.4. The van der Waals surface area contributed by atoms with E-state index in [9.17, 15) is 4.79 Å². The summed E-state index contributed by atoms with van der Waals surface area (Å²) in [5.41, 5.74) is 1.97. The van der Waals surface area contributed by atoms with Gasteiger partial charge in [-0.15, -0.1) is 0 Å². The Morgan fingerprint density at radius 1 is 1.12 bits per heavy atom. The molecule has 0 unspecified atom stereocenters. The van der Waals surface area contributed by atoms with Crippen molar-refractivity contribution in [1.29, 1.82) is 0 Å². The van der Waals surface area contributed by atoms with Gasteiger partial charge in [-0.05, 0) is 53.8 Å². The maximum Gasteiger partial charge on any atom is 0.251 e. The number of ether oxygens (including phenoxy) is 2. The van der Waals surface area contributed by atoms with Crippen LogP contribution in [0.4, 0.5) is 5.69 Å². The van der Waals surface area contributed by atoms with E-state index in [1.165, 1.54) is 12.0 Å². The standard InChI is InChI=1S/C19H21NO3S/c21-18(7-4-14-8-11-24-13-14)20-15-5-6-16-17(12-15)23-19(22-16)9-2-1-3-10-19/h5-6,8,11-13H,1-4,7,9-10H2,(H,20,21). The summed E-state index contributed by atoms with van der Waals surface area (Å²) in [6, 6.07) is 7.71. The van der Waals surface area contributed by atoms with Crippen LogP contribution in [0.25, 0.3) is 0 Å². The molecular weight excluding hydrogens is 322 g/mol. The summed E-state index contributed by atoms with van der Waals surface area (Å²) in [7, 11) is 0. The number of benzene rings is 1. The lowest BCUT2D eigenvalue weighted by Gasteiger charge is -2.31. The first-order chi connectivity index (χ1) is 11.7. The third-order valence-corrected chi connectivity index (χ3v) is 5.39. The summed E-state index contributed by atoms with van der Waals surface area (Å²) >= 11 is 1.66. The molecule has 2 aliphatic rings. The summed E-state index contributed by atoms with van der Waals surface area (Å²) in [6.45, 7) is 0. The molecule has 1 fully saturated rings. The number of rotatable bonds is 4. The second-order valence-electron chi connectivity index (χ2n) is 6.52. The van der Waals surface area contributed by atoms with Crippen molar-refractivity contribution in [3.05, 3.63) is 40.6 Å². The summed E-state index contributed by atoms with van der Waals surface area (Å²) in [6.07, 6.45) is 6.64. The SMILES string of the molecule is O=C(CCc1ccsc1)Nc1ccc2c(c1)OC1(CCCCC1)O2. The molecule has 2 aromatic rings. The number of anilines is 1. The molecule has 1 aromatic heterocycles. The number of amides is 1. The molecule has 0 bridgehead atoms. The molecule has 0 saturated heterocycles. The van der Waals surface area contributed by atoms with Crippen molar-refractivity contribution in [1.82, 2.24) is 0 Å². The number of carbonyl (C=O) groups excluding carboxylic acids is 1. The van der Waals surface area contributed by atoms with Gasteiger partial charge in [-0.1, -0.05) is 6.42 Å². The highest BCUT2D eigenvalue weighted by molar-refractivity contribution is 7.07. The Kier molecular flexibility index (Phi) is 4.19. The van der Waals surface area contributed by atoms with Crippen molar-refractivity contribution in [3.63, 3.8) is 0 Å². The third-order valence-electron chi connectivity index (χ3n) is 4.66. The molecule has 1 aromatic carbocycles. The summed E-state index contributed by atoms with van der Waals surface area (Å²) < 4.78 is 12.2. The van der Waals surface area contributed by atoms with Crippen LogP contribution in [0, 0.1) is 0 Å². The van der Waals surface area contributed by atoms with E-state index in [-0.39, 0.29) is 5.91 Å². The van der Waals surface area contributed by atoms with Crippen molar-refractivity contribution in [2.75, 3.05) is 5.32 Å². The molecule has 1 aliphatic heterocycles. The average molecular weight is 343 g/mol. The van der Waals surface area contributed by atoms with Crippen LogP contribution >= 0.6 is 11.3 Å². The first-order valence-electron chi connectivity index (χ1n) is 8.55. The Morgan fingerprint density at radius 3 is 2.75 bits per heavy atom. The van der Waals surface area contributed by atoms with Gasteiger partial charge in [-0.25, -0.2) is 0 Å². The molecular formula is C19H21NO3S. The minimum absolute atomic E-state index is 0.0208. The summed E-state index contributed by atoms with van der Waals surface area (Å²) in [4.78, 5) is 12.1. The van der Waals surface area contributed by atoms with Crippen LogP contribution in [0.5, 0.6) is 11.5 Å². The molecule has 24 heavy (non-hydrogen) atoms. The monoisotopic (exact) mass is 343 g/mol. The summed E-state index contributed by atoms with van der Waals surface area (Å²) in [5, 5.41) is 7.07. The zero-order valence-electron chi connectivity index (χ0n) is 13.5. The lowest BCUT2D eigenvalue weighted by molar-refractivity contribution is -0.116. The minimum atomic E-state index is -0.470. The molecule has 1 N–H and O–H groups in total. The van der Waals surface area contributed by atoms with Gasteiger partial charge >= 0.3 is 0 Å². The van der Waals surface area contributed by atoms with Gasteiger partial charge in [0.15, 0.2) is 11.5 Å². The fourth-order valence-corrected chi connectivity index (χ4v) is 4.09. The number of carbonyl (C=O) groups is 1. The second-order valence-corrected chi connectivity index (χ2v) is 7.30. The van der Waals surface area contributed by atoms with Crippen molar-refractivity contribution >= 4 is 22.9 Å². The molecule has 1 spiro atoms. The van der Waals surface area contributed by atoms with E-state index >= 15 is 0 Å². The van der Waals surface area contributed by atoms with Crippen molar-refractivity contribution < 1.29 is 14.3 Å². The Morgan fingerprint density at radius 2 is 1.96 bits per heavy atom. The highest BCUT2D eigenvalue weighted by atomic mass is 32.1. The largest absolute Gasteiger partial charge is 0.448 e. The maximum atomic E-state index is 12.1. The number of aryl methyl sites for hydroxylation is 1. The predicted molar refractivity (Wildman–Crippen MR) is 94.8 cm³/mol. The van der Waals surface area contributed by atoms with Gasteiger partial charge in [-0.2, -0.15) is 11.3 Å². The quantitative estimate of drug-likeness (QED) is 0.871. The number of nitrogens with one attached hydrogen (secondary N) is 1. The average Bonchev–Trinajstić information content (AvgIpc) is 3.20. The van der Waals surface area contributed by atoms with Crippen molar-refractivity contribution in [3.8, 4) is 11.5 Å². The van der Waals surface area contributed by atoms with Crippen LogP contribution in [-0.2, 0) is 11.2 Å². The Hall–Kier alpha value is -2.01. The van der Waals surface area contributed by atoms with E-state index in [1.54, 1.807) is 11.3 Å². The smallest absolute Gasteiger partial charge is 0.251 e. The normalized spacial score (nSPS) is 17.8. The van der Waals surface area contributed by atoms with Crippen LogP contribution in [0.2, 0.25) is 0 Å². The van der Waals surface area contributed by atoms with E-state index in [0.717, 1.165) is 49.3 Å². The Labute approximate surface area is 145 Å². The van der Waals surface area contributed by atoms with E-state index in [2.05, 4.69) is 16.8 Å². The molecule has 1 saturated carbocycles. The number of thiophene rings is 1. The molecule has 0 atom stereocenters. The number of fused-ring (bicyclic) bond motifs is 1. The van der Waals surface area contributed by atoms with Crippen LogP contribution in [0.15, 0.2) is 35.0 Å². The van der Waals surface area contributed by atoms with E-state index in [4.69, 9.17) is 9.47 Å². The molecule has 0 radical (unpaired) electrons. The highest BCUT2D eigenvalue weighted by Crippen LogP contribution is 2.46. The fraction of sp³-hybridized carbons (Fsp3) is 0.421. The molecule has 1 amide bonds. The number of hydrogen-bond donors (Lipinski definition) is 1. The third kappa shape index (κ3) is 3.26. The van der Waals surface area contributed by atoms with E-state index in [0.29, 0.717) is 6.42 Å². The molecule has 5 heteroatoms. The topological polar surface area (TPSA) is 47.6 Å². The van der Waals surface area contributed by atoms with Crippen LogP contribution < -0.4 is 14.8 Å². The minimum Gasteiger partial charge on any atom is -0.448 e. The van der Waals surface area contributed by atoms with Crippen molar-refractivity contribution in [2.45, 2.75) is 50.7 Å². The lowest BCUT2D eigenvalue weighted by Crippen LogP contribution is -2.40. The van der Waals surface area contributed by atoms with Crippen molar-refractivity contribution in [2.24, 2.45) is 0 Å². The van der Waals surface area contributed by atoms with Gasteiger partial charge in [0.1, 0.15) is 0 Å². The van der Waals surface area contributed by atoms with Gasteiger partial charge in [-0.3, -0.25) is 4.79 Å².